The molecule has 212 valence electrons. The first-order chi connectivity index (χ1) is 19.1. The first kappa shape index (κ1) is 26.4. The highest BCUT2D eigenvalue weighted by molar-refractivity contribution is 6.06. The molecule has 0 unspecified atom stereocenters. The summed E-state index contributed by atoms with van der Waals surface area (Å²) >= 11 is 0. The molecule has 40 heavy (non-hydrogen) atoms. The van der Waals surface area contributed by atoms with Gasteiger partial charge in [-0.2, -0.15) is 13.2 Å². The minimum absolute atomic E-state index is 0.0305. The predicted molar refractivity (Wildman–Crippen MR) is 140 cm³/mol. The van der Waals surface area contributed by atoms with Gasteiger partial charge in [-0.15, -0.1) is 10.2 Å². The van der Waals surface area contributed by atoms with Gasteiger partial charge in [0.2, 0.25) is 5.91 Å². The molecule has 0 spiro atoms. The van der Waals surface area contributed by atoms with E-state index >= 15 is 0 Å². The fourth-order valence-electron chi connectivity index (χ4n) is 5.69. The van der Waals surface area contributed by atoms with Crippen molar-refractivity contribution in [2.75, 3.05) is 41.7 Å². The number of nitrogens with one attached hydrogen (secondary N) is 3. The first-order valence-electron chi connectivity index (χ1n) is 13.4. The maximum Gasteiger partial charge on any atom is 0.470 e. The number of hydrogen-bond acceptors (Lipinski definition) is 10. The highest BCUT2D eigenvalue weighted by atomic mass is 19.4. The molecule has 11 nitrogen and oxygen atoms in total. The second kappa shape index (κ2) is 9.98. The number of aromatic nitrogens is 5. The van der Waals surface area contributed by atoms with E-state index in [0.29, 0.717) is 24.9 Å². The summed E-state index contributed by atoms with van der Waals surface area (Å²) < 4.78 is 44.1. The van der Waals surface area contributed by atoms with Crippen molar-refractivity contribution in [3.8, 4) is 11.6 Å². The van der Waals surface area contributed by atoms with Crippen LogP contribution in [0.5, 0.6) is 0 Å². The summed E-state index contributed by atoms with van der Waals surface area (Å²) in [4.78, 5) is 28.2. The number of alkyl halides is 3. The monoisotopic (exact) mass is 557 g/mol. The van der Waals surface area contributed by atoms with Crippen molar-refractivity contribution in [3.63, 3.8) is 0 Å². The fraction of sp³-hybridized carbons (Fsp3) is 0.538. The van der Waals surface area contributed by atoms with Crippen LogP contribution in [0.2, 0.25) is 0 Å². The van der Waals surface area contributed by atoms with Gasteiger partial charge in [-0.1, -0.05) is 0 Å². The number of carbonyl (C=O) groups is 1. The lowest BCUT2D eigenvalue weighted by molar-refractivity contribution is -0.157. The van der Waals surface area contributed by atoms with Crippen LogP contribution in [-0.2, 0) is 16.4 Å². The number of fused-ring (bicyclic) bond motifs is 1. The first-order valence-corrected chi connectivity index (χ1v) is 13.4. The number of anilines is 3. The Hall–Kier alpha value is -3.81. The van der Waals surface area contributed by atoms with E-state index in [4.69, 9.17) is 9.40 Å². The molecule has 3 aliphatic rings. The van der Waals surface area contributed by atoms with Crippen LogP contribution in [0.15, 0.2) is 22.9 Å². The van der Waals surface area contributed by atoms with E-state index < -0.39 is 17.5 Å². The fourth-order valence-corrected chi connectivity index (χ4v) is 5.69. The van der Waals surface area contributed by atoms with Crippen molar-refractivity contribution in [1.29, 1.82) is 0 Å². The average Bonchev–Trinajstić information content (AvgIpc) is 3.68. The molecule has 14 heteroatoms. The number of pyridine rings is 1. The molecule has 3 N–H and O–H groups in total. The summed E-state index contributed by atoms with van der Waals surface area (Å²) in [6.07, 6.45) is 0.387. The lowest BCUT2D eigenvalue weighted by Gasteiger charge is -2.35. The topological polar surface area (TPSA) is 134 Å². The normalized spacial score (nSPS) is 21.0. The third kappa shape index (κ3) is 4.84. The Morgan fingerprint density at radius 3 is 2.65 bits per heavy atom. The Morgan fingerprint density at radius 2 is 1.95 bits per heavy atom. The SMILES string of the molecule is CC1(C)C(=O)Nc2ncnc(N3CCC(c4nc(-c5nnc(C(F)(F)F)o5)ccc4NC[C@@H]4CCCN4)CC3)c21. The van der Waals surface area contributed by atoms with Crippen LogP contribution in [0.1, 0.15) is 62.6 Å². The van der Waals surface area contributed by atoms with Gasteiger partial charge in [-0.3, -0.25) is 4.79 Å². The largest absolute Gasteiger partial charge is 0.470 e. The van der Waals surface area contributed by atoms with Crippen LogP contribution >= 0.6 is 0 Å². The van der Waals surface area contributed by atoms with E-state index in [1.54, 1.807) is 6.07 Å². The number of amides is 1. The molecule has 2 fully saturated rings. The van der Waals surface area contributed by atoms with Crippen LogP contribution < -0.4 is 20.9 Å². The number of nitrogens with zero attached hydrogens (tertiary/aromatic N) is 6. The summed E-state index contributed by atoms with van der Waals surface area (Å²) in [7, 11) is 0. The Labute approximate surface area is 228 Å². The zero-order chi connectivity index (χ0) is 28.1. The van der Waals surface area contributed by atoms with Gasteiger partial charge in [-0.25, -0.2) is 15.0 Å². The van der Waals surface area contributed by atoms with Crippen molar-refractivity contribution in [2.24, 2.45) is 0 Å². The molecule has 3 aromatic rings. The second-order valence-corrected chi connectivity index (χ2v) is 11.0. The number of halogens is 3. The zero-order valence-electron chi connectivity index (χ0n) is 22.2. The molecule has 0 aromatic carbocycles. The molecule has 0 bridgehead atoms. The maximum atomic E-state index is 13.1. The molecule has 6 heterocycles. The molecule has 1 amide bonds. The summed E-state index contributed by atoms with van der Waals surface area (Å²) in [5, 5.41) is 16.6. The van der Waals surface area contributed by atoms with E-state index in [0.717, 1.165) is 61.5 Å². The summed E-state index contributed by atoms with van der Waals surface area (Å²) in [5.74, 6) is -0.468. The van der Waals surface area contributed by atoms with Gasteiger partial charge < -0.3 is 25.3 Å². The zero-order valence-corrected chi connectivity index (χ0v) is 22.2. The van der Waals surface area contributed by atoms with Crippen LogP contribution in [0.25, 0.3) is 11.6 Å². The van der Waals surface area contributed by atoms with E-state index in [-0.39, 0.29) is 23.4 Å². The number of hydrogen-bond donors (Lipinski definition) is 3. The highest BCUT2D eigenvalue weighted by Gasteiger charge is 2.43. The number of rotatable bonds is 6. The molecule has 3 aromatic heterocycles. The molecule has 0 aliphatic carbocycles. The number of piperidine rings is 1. The minimum atomic E-state index is -4.73. The molecule has 0 radical (unpaired) electrons. The highest BCUT2D eigenvalue weighted by Crippen LogP contribution is 2.43. The van der Waals surface area contributed by atoms with Crippen molar-refractivity contribution >= 4 is 23.2 Å². The van der Waals surface area contributed by atoms with Gasteiger partial charge in [-0.05, 0) is 58.2 Å². The van der Waals surface area contributed by atoms with Crippen LogP contribution in [0.3, 0.4) is 0 Å². The van der Waals surface area contributed by atoms with Crippen molar-refractivity contribution in [3.05, 3.63) is 35.6 Å². The average molecular weight is 558 g/mol. The van der Waals surface area contributed by atoms with Crippen molar-refractivity contribution in [2.45, 2.75) is 63.1 Å². The molecule has 2 saturated heterocycles. The Balaban J connectivity index is 1.25. The molecule has 1 atom stereocenters. The van der Waals surface area contributed by atoms with Crippen LogP contribution in [0.4, 0.5) is 30.5 Å². The molecule has 3 aliphatic heterocycles. The van der Waals surface area contributed by atoms with Crippen molar-refractivity contribution in [1.82, 2.24) is 30.5 Å². The van der Waals surface area contributed by atoms with E-state index in [9.17, 15) is 18.0 Å². The van der Waals surface area contributed by atoms with Crippen LogP contribution in [-0.4, -0.2) is 63.3 Å². The van der Waals surface area contributed by atoms with Gasteiger partial charge in [0.15, 0.2) is 0 Å². The van der Waals surface area contributed by atoms with Gasteiger partial charge >= 0.3 is 12.1 Å². The second-order valence-electron chi connectivity index (χ2n) is 11.0. The lowest BCUT2D eigenvalue weighted by atomic mass is 9.86. The number of carbonyl (C=O) groups excluding carboxylic acids is 1. The van der Waals surface area contributed by atoms with E-state index in [1.165, 1.54) is 6.33 Å². The molecule has 0 saturated carbocycles. The maximum absolute atomic E-state index is 13.1. The third-order valence-electron chi connectivity index (χ3n) is 7.95. The summed E-state index contributed by atoms with van der Waals surface area (Å²) in [5.41, 5.74) is 1.84. The molecule has 6 rings (SSSR count). The minimum Gasteiger partial charge on any atom is -0.411 e. The van der Waals surface area contributed by atoms with E-state index in [2.05, 4.69) is 41.0 Å². The Bertz CT molecular complexity index is 1410. The molecular formula is C26H30F3N9O2. The Kier molecular flexibility index (Phi) is 6.59. The van der Waals surface area contributed by atoms with Crippen molar-refractivity contribution < 1.29 is 22.4 Å². The standard InChI is InChI=1S/C26H30F3N9O2/c1-25(2)18-20(35-23(25)39)32-13-33-21(18)38-10-7-14(8-11-38)19-16(31-12-15-4-3-9-30-15)5-6-17(34-19)22-36-37-24(40-22)26(27,28)29/h5-6,13-15,30-31H,3-4,7-12H2,1-2H3,(H,32,33,35,39)/t15-/m0/s1. The van der Waals surface area contributed by atoms with Gasteiger partial charge in [0, 0.05) is 31.6 Å². The molecular weight excluding hydrogens is 527 g/mol. The smallest absolute Gasteiger partial charge is 0.411 e. The van der Waals surface area contributed by atoms with E-state index in [1.807, 2.05) is 19.9 Å². The Morgan fingerprint density at radius 1 is 1.15 bits per heavy atom. The quantitative estimate of drug-likeness (QED) is 0.412. The summed E-state index contributed by atoms with van der Waals surface area (Å²) in [6, 6.07) is 3.78. The lowest BCUT2D eigenvalue weighted by Crippen LogP contribution is -2.36. The van der Waals surface area contributed by atoms with Gasteiger partial charge in [0.1, 0.15) is 23.7 Å². The van der Waals surface area contributed by atoms with Gasteiger partial charge in [0.05, 0.1) is 22.4 Å². The summed E-state index contributed by atoms with van der Waals surface area (Å²) in [6.45, 7) is 6.75. The predicted octanol–water partition coefficient (Wildman–Crippen LogP) is 3.72. The third-order valence-corrected chi connectivity index (χ3v) is 7.95. The van der Waals surface area contributed by atoms with Gasteiger partial charge in [0.25, 0.3) is 5.89 Å². The van der Waals surface area contributed by atoms with Crippen LogP contribution in [0, 0.1) is 0 Å².